The zero-order valence-electron chi connectivity index (χ0n) is 55.8. The molecule has 4 heterocycles. The lowest BCUT2D eigenvalue weighted by atomic mass is 9.68. The van der Waals surface area contributed by atoms with Gasteiger partial charge in [-0.25, -0.2) is 37.3 Å². The number of thioether (sulfide) groups is 1. The SMILES string of the molecule is CCCCCN1/C(=C/C=C/C2=[N+](CCSCC[N+]3=C(/C=C/C=C4/N(CCCCC)c5cc(Br)c([N+](=O)[O-])cc5C45CCCCC5)C(C)(C)c4c3ccc3ccccc43)c3ccc4ccccc4c3C2(C)C)C2(CCCCC2)c2cc([N+](=O)[O-])c(Br)cc21.[O-][Cl+3]([O-])([O-])[O-].[O-][Cl+3]([O-])([O-])[O-]. The van der Waals surface area contributed by atoms with Crippen LogP contribution in [0, 0.1) is 40.7 Å². The van der Waals surface area contributed by atoms with Crippen LogP contribution in [0.1, 0.15) is 167 Å². The third-order valence-corrected chi connectivity index (χ3v) is 22.7. The van der Waals surface area contributed by atoms with Gasteiger partial charge in [0.2, 0.25) is 11.4 Å². The van der Waals surface area contributed by atoms with Crippen LogP contribution in [-0.4, -0.2) is 68.1 Å². The standard InChI is InChI=1S/C74H84Br2N6O4S.2ClHO4/c1-7-9-21-41-77-61-49-57(75)63(81(83)84)47-55(61)73(37-17-11-18-38-73)67(77)31-23-29-65-71(3,4)69-53-27-15-13-25-51(53)33-35-59(69)79(65)43-45-87-46-44-80-60-36-34-52-26-14-16-28-54(52)70(60)72(5,6)66(80)30-24-32-68-74(39-19-12-20-40-74)56-48-64(82(85)86)58(76)50-62(56)78(68)42-22-10-8-2;2*2-1(3,4)5/h13-16,23-36,47-50H,7-12,17-22,37-46H2,1-6H3;2*(H,2,3,4,5)/q+2;;/p-2. The minimum Gasteiger partial charge on any atom is -0.344 e. The molecule has 0 saturated heterocycles. The van der Waals surface area contributed by atoms with Crippen molar-refractivity contribution in [1.82, 2.24) is 0 Å². The van der Waals surface area contributed by atoms with E-state index >= 15 is 0 Å². The van der Waals surface area contributed by atoms with Crippen LogP contribution in [-0.2, 0) is 21.7 Å². The third kappa shape index (κ3) is 15.5. The number of nitrogens with zero attached hydrogens (tertiary/aromatic N) is 6. The molecule has 0 bridgehead atoms. The first-order valence-electron chi connectivity index (χ1n) is 33.5. The van der Waals surface area contributed by atoms with Gasteiger partial charge in [0, 0.05) is 94.2 Å². The van der Waals surface area contributed by atoms with Crippen molar-refractivity contribution in [3.8, 4) is 0 Å². The lowest BCUT2D eigenvalue weighted by Crippen LogP contribution is -2.68. The fourth-order valence-electron chi connectivity index (χ4n) is 16.5. The van der Waals surface area contributed by atoms with E-state index in [0.717, 1.165) is 150 Å². The summed E-state index contributed by atoms with van der Waals surface area (Å²) in [5.74, 6) is 1.86. The normalized spacial score (nSPS) is 19.0. The highest BCUT2D eigenvalue weighted by molar-refractivity contribution is 9.11. The van der Waals surface area contributed by atoms with Crippen molar-refractivity contribution in [3.05, 3.63) is 196 Å². The Bertz CT molecular complexity index is 3890. The lowest BCUT2D eigenvalue weighted by Gasteiger charge is -2.37. The molecule has 0 unspecified atom stereocenters. The summed E-state index contributed by atoms with van der Waals surface area (Å²) in [5.41, 5.74) is 14.0. The van der Waals surface area contributed by atoms with Crippen LogP contribution in [0.4, 0.5) is 34.1 Å². The molecule has 0 N–H and O–H groups in total. The molecule has 4 aliphatic heterocycles. The van der Waals surface area contributed by atoms with Gasteiger partial charge in [-0.2, -0.15) is 9.15 Å². The summed E-state index contributed by atoms with van der Waals surface area (Å²) in [7, 11) is -9.89. The average molecular weight is 1510 g/mol. The highest BCUT2D eigenvalue weighted by atomic mass is 79.9. The molecular formula is C74H84Br2Cl2N6O12S. The van der Waals surface area contributed by atoms with Gasteiger partial charge in [-0.3, -0.25) is 20.2 Å². The van der Waals surface area contributed by atoms with Gasteiger partial charge in [-0.15, -0.1) is 32.2 Å². The summed E-state index contributed by atoms with van der Waals surface area (Å²) < 4.78 is 74.2. The predicted molar refractivity (Wildman–Crippen MR) is 370 cm³/mol. The molecule has 2 saturated carbocycles. The van der Waals surface area contributed by atoms with Gasteiger partial charge in [0.05, 0.1) is 41.1 Å². The smallest absolute Gasteiger partial charge is 0.283 e. The fraction of sp³-hybridized carbons (Fsp3) is 0.432. The Balaban J connectivity index is 0.000000953. The van der Waals surface area contributed by atoms with E-state index in [1.54, 1.807) is 0 Å². The van der Waals surface area contributed by atoms with Gasteiger partial charge >= 0.3 is 0 Å². The van der Waals surface area contributed by atoms with Gasteiger partial charge in [-0.05, 0) is 167 Å². The lowest BCUT2D eigenvalue weighted by molar-refractivity contribution is -2.00. The van der Waals surface area contributed by atoms with Gasteiger partial charge in [0.1, 0.15) is 0 Å². The maximum atomic E-state index is 12.5. The molecule has 6 aromatic rings. The first kappa shape index (κ1) is 73.8. The van der Waals surface area contributed by atoms with E-state index in [0.29, 0.717) is 8.95 Å². The van der Waals surface area contributed by atoms with Crippen LogP contribution in [0.5, 0.6) is 0 Å². The van der Waals surface area contributed by atoms with Gasteiger partial charge in [0.25, 0.3) is 11.4 Å². The zero-order valence-corrected chi connectivity index (χ0v) is 61.3. The number of nitro benzene ring substituents is 2. The molecule has 0 aromatic heterocycles. The Hall–Kier alpha value is -5.89. The van der Waals surface area contributed by atoms with E-state index in [2.05, 4.69) is 202 Å². The van der Waals surface area contributed by atoms with Crippen LogP contribution in [0.25, 0.3) is 21.5 Å². The van der Waals surface area contributed by atoms with E-state index in [1.807, 2.05) is 36.0 Å². The second kappa shape index (κ2) is 30.5. The Morgan fingerprint density at radius 1 is 0.526 bits per heavy atom. The number of halogens is 4. The minimum absolute atomic E-state index is 0.146. The minimum atomic E-state index is -4.94. The van der Waals surface area contributed by atoms with Crippen molar-refractivity contribution in [2.45, 2.75) is 166 Å². The Kier molecular flexibility index (Phi) is 23.2. The van der Waals surface area contributed by atoms with Crippen molar-refractivity contribution < 1.29 is 76.8 Å². The number of anilines is 2. The Morgan fingerprint density at radius 3 is 1.24 bits per heavy atom. The monoisotopic (exact) mass is 1510 g/mol. The van der Waals surface area contributed by atoms with Crippen molar-refractivity contribution in [1.29, 1.82) is 0 Å². The maximum Gasteiger partial charge on any atom is 0.283 e. The second-order valence-corrected chi connectivity index (χ2v) is 31.5. The van der Waals surface area contributed by atoms with Gasteiger partial charge in [-0.1, -0.05) is 139 Å². The molecule has 23 heteroatoms. The molecule has 0 amide bonds. The summed E-state index contributed by atoms with van der Waals surface area (Å²) in [5, 5.41) is 30.0. The van der Waals surface area contributed by atoms with Gasteiger partial charge in [0.15, 0.2) is 24.5 Å². The molecule has 18 nitrogen and oxygen atoms in total. The highest BCUT2D eigenvalue weighted by Crippen LogP contribution is 2.59. The molecule has 2 aliphatic carbocycles. The predicted octanol–water partition coefficient (Wildman–Crippen LogP) is 10.7. The van der Waals surface area contributed by atoms with Crippen LogP contribution in [0.15, 0.2) is 154 Å². The second-order valence-electron chi connectivity index (χ2n) is 27.0. The Labute approximate surface area is 593 Å². The maximum absolute atomic E-state index is 12.5. The summed E-state index contributed by atoms with van der Waals surface area (Å²) in [4.78, 5) is 29.5. The number of fused-ring (bicyclic) bond motifs is 10. The van der Waals surface area contributed by atoms with E-state index in [-0.39, 0.29) is 42.9 Å². The van der Waals surface area contributed by atoms with E-state index in [4.69, 9.17) is 37.3 Å². The first-order valence-corrected chi connectivity index (χ1v) is 38.7. The number of hydrogen-bond donors (Lipinski definition) is 0. The number of allylic oxidation sites excluding steroid dienone is 8. The summed E-state index contributed by atoms with van der Waals surface area (Å²) >= 11 is 9.26. The topological polar surface area (TPSA) is 283 Å². The molecule has 2 spiro atoms. The number of benzene rings is 6. The molecule has 516 valence electrons. The largest absolute Gasteiger partial charge is 0.344 e. The number of rotatable bonds is 20. The quantitative estimate of drug-likeness (QED) is 0.0297. The summed E-state index contributed by atoms with van der Waals surface area (Å²) in [6.07, 6.45) is 31.5. The molecule has 0 radical (unpaired) electrons. The van der Waals surface area contributed by atoms with Crippen molar-refractivity contribution >= 4 is 111 Å². The highest BCUT2D eigenvalue weighted by Gasteiger charge is 2.52. The molecular weight excluding hydrogens is 1430 g/mol. The third-order valence-electron chi connectivity index (χ3n) is 20.5. The molecule has 6 aromatic carbocycles. The van der Waals surface area contributed by atoms with Crippen LogP contribution in [0.2, 0.25) is 0 Å². The summed E-state index contributed by atoms with van der Waals surface area (Å²) in [6.45, 7) is 17.5. The first-order chi connectivity index (χ1) is 46.1. The van der Waals surface area contributed by atoms with Crippen molar-refractivity contribution in [3.63, 3.8) is 0 Å². The van der Waals surface area contributed by atoms with Crippen molar-refractivity contribution in [2.24, 2.45) is 0 Å². The number of hydrogen-bond acceptors (Lipinski definition) is 15. The molecule has 97 heavy (non-hydrogen) atoms. The Morgan fingerprint density at radius 2 is 0.887 bits per heavy atom. The summed E-state index contributed by atoms with van der Waals surface area (Å²) in [6, 6.07) is 34.8. The van der Waals surface area contributed by atoms with Crippen LogP contribution < -0.4 is 47.1 Å². The van der Waals surface area contributed by atoms with E-state index in [1.165, 1.54) is 79.7 Å². The number of nitro groups is 2. The van der Waals surface area contributed by atoms with Crippen molar-refractivity contribution in [2.75, 3.05) is 47.5 Å². The van der Waals surface area contributed by atoms with E-state index < -0.39 is 20.5 Å². The zero-order chi connectivity index (χ0) is 69.8. The average Bonchev–Trinajstić information content (AvgIpc) is 1.60. The van der Waals surface area contributed by atoms with Crippen LogP contribution >= 0.6 is 43.6 Å². The number of unbranched alkanes of at least 4 members (excludes halogenated alkanes) is 4. The molecule has 0 atom stereocenters. The molecule has 12 rings (SSSR count). The van der Waals surface area contributed by atoms with Crippen LogP contribution in [0.3, 0.4) is 0 Å². The van der Waals surface area contributed by atoms with E-state index in [9.17, 15) is 20.2 Å². The molecule has 2 fully saturated rings. The molecule has 6 aliphatic rings. The fourth-order valence-corrected chi connectivity index (χ4v) is 18.2. The van der Waals surface area contributed by atoms with Gasteiger partial charge < -0.3 is 9.80 Å².